The second kappa shape index (κ2) is 6.07. The number of carbonyl (C=O) groups excluding carboxylic acids is 1. The molecule has 0 radical (unpaired) electrons. The number of aromatic nitrogens is 3. The third-order valence-corrected chi connectivity index (χ3v) is 4.84. The largest absolute Gasteiger partial charge is 0.350 e. The van der Waals surface area contributed by atoms with Crippen LogP contribution >= 0.6 is 0 Å². The molecule has 1 aliphatic heterocycles. The summed E-state index contributed by atoms with van der Waals surface area (Å²) >= 11 is 0. The number of fused-ring (bicyclic) bond motifs is 1. The molecule has 0 N–H and O–H groups in total. The molecule has 1 aromatic carbocycles. The van der Waals surface area contributed by atoms with E-state index in [9.17, 15) is 4.79 Å². The molecule has 2 aromatic heterocycles. The molecule has 1 atom stereocenters. The van der Waals surface area contributed by atoms with E-state index in [2.05, 4.69) is 9.97 Å². The monoisotopic (exact) mass is 320 g/mol. The van der Waals surface area contributed by atoms with Crippen LogP contribution in [0.4, 0.5) is 0 Å². The van der Waals surface area contributed by atoms with Crippen LogP contribution in [0, 0.1) is 0 Å². The minimum absolute atomic E-state index is 0.111. The molecule has 1 saturated heterocycles. The summed E-state index contributed by atoms with van der Waals surface area (Å²) in [5.41, 5.74) is 2.85. The predicted octanol–water partition coefficient (Wildman–Crippen LogP) is 2.99. The lowest BCUT2D eigenvalue weighted by Crippen LogP contribution is -2.39. The van der Waals surface area contributed by atoms with Gasteiger partial charge in [-0.2, -0.15) is 0 Å². The fourth-order valence-corrected chi connectivity index (χ4v) is 3.61. The van der Waals surface area contributed by atoms with Crippen molar-refractivity contribution in [3.8, 4) is 0 Å². The quantitative estimate of drug-likeness (QED) is 0.729. The first-order valence-corrected chi connectivity index (χ1v) is 8.33. The standard InChI is InChI=1S/C19H20N4O/c1-22-13-16(15-6-2-3-7-18(15)22)19(24)23-10-4-5-14(12-23)17-11-20-8-9-21-17/h2-3,6-9,11,13-14H,4-5,10,12H2,1H3/t14-/m1/s1. The number of rotatable bonds is 2. The van der Waals surface area contributed by atoms with Crippen LogP contribution < -0.4 is 0 Å². The molecule has 4 rings (SSSR count). The molecule has 0 unspecified atom stereocenters. The van der Waals surface area contributed by atoms with Crippen molar-refractivity contribution in [1.29, 1.82) is 0 Å². The van der Waals surface area contributed by atoms with Crippen LogP contribution in [0.5, 0.6) is 0 Å². The van der Waals surface area contributed by atoms with Crippen molar-refractivity contribution < 1.29 is 4.79 Å². The number of nitrogens with zero attached hydrogens (tertiary/aromatic N) is 4. The van der Waals surface area contributed by atoms with Crippen LogP contribution in [0.2, 0.25) is 0 Å². The van der Waals surface area contributed by atoms with Crippen LogP contribution in [0.15, 0.2) is 49.1 Å². The zero-order valence-corrected chi connectivity index (χ0v) is 13.7. The summed E-state index contributed by atoms with van der Waals surface area (Å²) < 4.78 is 2.02. The van der Waals surface area contributed by atoms with Crippen LogP contribution in [0.3, 0.4) is 0 Å². The Morgan fingerprint density at radius 3 is 2.96 bits per heavy atom. The number of para-hydroxylation sites is 1. The van der Waals surface area contributed by atoms with Gasteiger partial charge in [-0.1, -0.05) is 18.2 Å². The van der Waals surface area contributed by atoms with Gasteiger partial charge in [-0.05, 0) is 18.9 Å². The van der Waals surface area contributed by atoms with Gasteiger partial charge in [-0.25, -0.2) is 0 Å². The van der Waals surface area contributed by atoms with Gasteiger partial charge in [0.05, 0.1) is 11.3 Å². The van der Waals surface area contributed by atoms with E-state index < -0.39 is 0 Å². The molecule has 1 amide bonds. The summed E-state index contributed by atoms with van der Waals surface area (Å²) in [5.74, 6) is 0.381. The van der Waals surface area contributed by atoms with E-state index in [1.54, 1.807) is 12.4 Å². The Balaban J connectivity index is 1.62. The molecule has 0 aliphatic carbocycles. The molecule has 0 bridgehead atoms. The maximum atomic E-state index is 13.1. The Labute approximate surface area is 140 Å². The van der Waals surface area contributed by atoms with Gasteiger partial charge >= 0.3 is 0 Å². The van der Waals surface area contributed by atoms with Gasteiger partial charge in [0, 0.05) is 61.7 Å². The van der Waals surface area contributed by atoms with E-state index >= 15 is 0 Å². The highest BCUT2D eigenvalue weighted by Gasteiger charge is 2.27. The highest BCUT2D eigenvalue weighted by atomic mass is 16.2. The van der Waals surface area contributed by atoms with Crippen molar-refractivity contribution >= 4 is 16.8 Å². The summed E-state index contributed by atoms with van der Waals surface area (Å²) in [6, 6.07) is 8.05. The van der Waals surface area contributed by atoms with E-state index in [4.69, 9.17) is 0 Å². The summed E-state index contributed by atoms with van der Waals surface area (Å²) in [6.07, 6.45) is 9.22. The minimum Gasteiger partial charge on any atom is -0.350 e. The zero-order chi connectivity index (χ0) is 16.5. The number of hydrogen-bond donors (Lipinski definition) is 0. The topological polar surface area (TPSA) is 51.0 Å². The molecule has 1 aliphatic rings. The Morgan fingerprint density at radius 2 is 2.12 bits per heavy atom. The third-order valence-electron chi connectivity index (χ3n) is 4.84. The Hall–Kier alpha value is -2.69. The van der Waals surface area contributed by atoms with Gasteiger partial charge in [0.15, 0.2) is 0 Å². The van der Waals surface area contributed by atoms with Gasteiger partial charge in [0.2, 0.25) is 0 Å². The van der Waals surface area contributed by atoms with Crippen molar-refractivity contribution in [1.82, 2.24) is 19.4 Å². The molecule has 0 spiro atoms. The van der Waals surface area contributed by atoms with Gasteiger partial charge in [0.25, 0.3) is 5.91 Å². The molecule has 5 heteroatoms. The molecular weight excluding hydrogens is 300 g/mol. The fraction of sp³-hybridized carbons (Fsp3) is 0.316. The average molecular weight is 320 g/mol. The number of carbonyl (C=O) groups is 1. The Kier molecular flexibility index (Phi) is 3.76. The number of amides is 1. The van der Waals surface area contributed by atoms with Crippen molar-refractivity contribution in [3.63, 3.8) is 0 Å². The third kappa shape index (κ3) is 2.56. The van der Waals surface area contributed by atoms with E-state index in [0.29, 0.717) is 6.54 Å². The minimum atomic E-state index is 0.111. The summed E-state index contributed by atoms with van der Waals surface area (Å²) in [4.78, 5) is 23.6. The van der Waals surface area contributed by atoms with Crippen molar-refractivity contribution in [3.05, 3.63) is 60.3 Å². The number of piperidine rings is 1. The number of aryl methyl sites for hydroxylation is 1. The van der Waals surface area contributed by atoms with Gasteiger partial charge in [0.1, 0.15) is 0 Å². The molecule has 3 aromatic rings. The second-order valence-corrected chi connectivity index (χ2v) is 6.39. The molecule has 122 valence electrons. The zero-order valence-electron chi connectivity index (χ0n) is 13.7. The fourth-order valence-electron chi connectivity index (χ4n) is 3.61. The highest BCUT2D eigenvalue weighted by molar-refractivity contribution is 6.07. The van der Waals surface area contributed by atoms with Crippen LogP contribution in [-0.2, 0) is 7.05 Å². The first-order valence-electron chi connectivity index (χ1n) is 8.33. The van der Waals surface area contributed by atoms with Crippen molar-refractivity contribution in [2.24, 2.45) is 7.05 Å². The summed E-state index contributed by atoms with van der Waals surface area (Å²) in [7, 11) is 1.98. The second-order valence-electron chi connectivity index (χ2n) is 6.39. The van der Waals surface area contributed by atoms with Crippen molar-refractivity contribution in [2.75, 3.05) is 13.1 Å². The molecule has 0 saturated carbocycles. The number of hydrogen-bond acceptors (Lipinski definition) is 3. The first-order chi connectivity index (χ1) is 11.7. The lowest BCUT2D eigenvalue weighted by atomic mass is 9.94. The Morgan fingerprint density at radius 1 is 1.25 bits per heavy atom. The normalized spacial score (nSPS) is 18.0. The lowest BCUT2D eigenvalue weighted by molar-refractivity contribution is 0.0707. The molecule has 24 heavy (non-hydrogen) atoms. The molecular formula is C19H20N4O. The number of likely N-dealkylation sites (tertiary alicyclic amines) is 1. The van der Waals surface area contributed by atoms with E-state index in [0.717, 1.165) is 41.5 Å². The smallest absolute Gasteiger partial charge is 0.256 e. The maximum Gasteiger partial charge on any atom is 0.256 e. The maximum absolute atomic E-state index is 13.1. The average Bonchev–Trinajstić information content (AvgIpc) is 2.99. The highest BCUT2D eigenvalue weighted by Crippen LogP contribution is 2.28. The van der Waals surface area contributed by atoms with Gasteiger partial charge < -0.3 is 9.47 Å². The summed E-state index contributed by atoms with van der Waals surface area (Å²) in [5, 5.41) is 1.02. The predicted molar refractivity (Wildman–Crippen MR) is 92.8 cm³/mol. The van der Waals surface area contributed by atoms with E-state index in [1.807, 2.05) is 53.2 Å². The lowest BCUT2D eigenvalue weighted by Gasteiger charge is -2.32. The SMILES string of the molecule is Cn1cc(C(=O)N2CCC[C@@H](c3cnccn3)C2)c2ccccc21. The molecule has 1 fully saturated rings. The van der Waals surface area contributed by atoms with Crippen LogP contribution in [0.25, 0.3) is 10.9 Å². The Bertz CT molecular complexity index is 871. The van der Waals surface area contributed by atoms with Crippen molar-refractivity contribution in [2.45, 2.75) is 18.8 Å². The summed E-state index contributed by atoms with van der Waals surface area (Å²) in [6.45, 7) is 1.51. The van der Waals surface area contributed by atoms with Gasteiger partial charge in [-0.3, -0.25) is 14.8 Å². The van der Waals surface area contributed by atoms with E-state index in [1.165, 1.54) is 0 Å². The van der Waals surface area contributed by atoms with Crippen LogP contribution in [0.1, 0.15) is 34.8 Å². The van der Waals surface area contributed by atoms with Crippen LogP contribution in [-0.4, -0.2) is 38.4 Å². The number of benzene rings is 1. The molecule has 5 nitrogen and oxygen atoms in total. The first kappa shape index (κ1) is 14.9. The van der Waals surface area contributed by atoms with Gasteiger partial charge in [-0.15, -0.1) is 0 Å². The van der Waals surface area contributed by atoms with E-state index in [-0.39, 0.29) is 11.8 Å². The molecule has 3 heterocycles.